The summed E-state index contributed by atoms with van der Waals surface area (Å²) in [6.45, 7) is 0. The molecule has 1 aliphatic heterocycles. The number of fused-ring (bicyclic) bond motifs is 4. The van der Waals surface area contributed by atoms with Gasteiger partial charge in [-0.25, -0.2) is 0 Å². The molecule has 2 nitrogen and oxygen atoms in total. The van der Waals surface area contributed by atoms with Gasteiger partial charge in [-0.05, 0) is 47.9 Å². The largest absolute Gasteiger partial charge is 0.378 e. The number of hydrogen-bond acceptors (Lipinski definition) is 1. The second-order valence-electron chi connectivity index (χ2n) is 8.41. The van der Waals surface area contributed by atoms with Crippen LogP contribution in [-0.2, 0) is 0 Å². The van der Waals surface area contributed by atoms with Crippen molar-refractivity contribution in [2.75, 3.05) is 5.32 Å². The topological polar surface area (TPSA) is 17.0 Å². The van der Waals surface area contributed by atoms with E-state index in [0.717, 1.165) is 17.1 Å². The molecule has 0 fully saturated rings. The molecule has 0 spiro atoms. The van der Waals surface area contributed by atoms with Crippen LogP contribution in [0.4, 0.5) is 5.69 Å². The summed E-state index contributed by atoms with van der Waals surface area (Å²) in [5, 5.41) is 7.08. The van der Waals surface area contributed by atoms with Crippen molar-refractivity contribution >= 4 is 45.2 Å². The van der Waals surface area contributed by atoms with Gasteiger partial charge in [-0.15, -0.1) is 0 Å². The molecule has 156 valence electrons. The molecular formula is C29H23ClN2. The highest BCUT2D eigenvalue weighted by molar-refractivity contribution is 6.30. The van der Waals surface area contributed by atoms with Crippen molar-refractivity contribution < 1.29 is 0 Å². The zero-order chi connectivity index (χ0) is 21.5. The van der Waals surface area contributed by atoms with Gasteiger partial charge in [0.1, 0.15) is 0 Å². The van der Waals surface area contributed by atoms with Crippen LogP contribution in [0, 0.1) is 0 Å². The van der Waals surface area contributed by atoms with Crippen LogP contribution in [0.2, 0.25) is 5.02 Å². The molecule has 0 radical (unpaired) electrons. The molecule has 0 aliphatic carbocycles. The first kappa shape index (κ1) is 19.2. The van der Waals surface area contributed by atoms with Crippen LogP contribution in [-0.4, -0.2) is 10.6 Å². The molecule has 0 bridgehead atoms. The van der Waals surface area contributed by atoms with Crippen molar-refractivity contribution in [3.63, 3.8) is 0 Å². The first-order valence-corrected chi connectivity index (χ1v) is 11.4. The number of rotatable bonds is 3. The minimum Gasteiger partial charge on any atom is -0.378 e. The number of hydrogen-bond donors (Lipinski definition) is 1. The van der Waals surface area contributed by atoms with Crippen molar-refractivity contribution in [1.82, 2.24) is 4.57 Å². The van der Waals surface area contributed by atoms with Crippen molar-refractivity contribution in [1.29, 1.82) is 0 Å². The maximum absolute atomic E-state index is 6.47. The van der Waals surface area contributed by atoms with E-state index in [4.69, 9.17) is 11.6 Å². The number of para-hydroxylation sites is 2. The molecule has 4 aromatic carbocycles. The van der Waals surface area contributed by atoms with Crippen molar-refractivity contribution in [3.8, 4) is 0 Å². The Morgan fingerprint density at radius 1 is 0.781 bits per heavy atom. The van der Waals surface area contributed by atoms with Crippen LogP contribution in [0.3, 0.4) is 0 Å². The number of benzene rings is 4. The molecular weight excluding hydrogens is 412 g/mol. The van der Waals surface area contributed by atoms with Crippen LogP contribution in [0.15, 0.2) is 103 Å². The van der Waals surface area contributed by atoms with Gasteiger partial charge in [-0.3, -0.25) is 0 Å². The third-order valence-corrected chi connectivity index (χ3v) is 6.68. The monoisotopic (exact) mass is 434 g/mol. The quantitative estimate of drug-likeness (QED) is 0.305. The van der Waals surface area contributed by atoms with E-state index in [1.807, 2.05) is 6.07 Å². The van der Waals surface area contributed by atoms with E-state index in [0.29, 0.717) is 0 Å². The van der Waals surface area contributed by atoms with Crippen LogP contribution in [0.5, 0.6) is 0 Å². The Kier molecular flexibility index (Phi) is 4.74. The molecule has 0 saturated carbocycles. The van der Waals surface area contributed by atoms with E-state index in [2.05, 4.69) is 113 Å². The summed E-state index contributed by atoms with van der Waals surface area (Å²) in [6, 6.07) is 34.5. The van der Waals surface area contributed by atoms with E-state index in [-0.39, 0.29) is 12.1 Å². The van der Waals surface area contributed by atoms with Gasteiger partial charge in [0, 0.05) is 38.6 Å². The van der Waals surface area contributed by atoms with Gasteiger partial charge in [-0.1, -0.05) is 90.5 Å². The summed E-state index contributed by atoms with van der Waals surface area (Å²) in [5.41, 5.74) is 6.13. The first-order valence-electron chi connectivity index (χ1n) is 11.0. The molecule has 0 unspecified atom stereocenters. The minimum absolute atomic E-state index is 0.181. The summed E-state index contributed by atoms with van der Waals surface area (Å²) in [4.78, 5) is 0. The Morgan fingerprint density at radius 3 is 2.16 bits per heavy atom. The Balaban J connectivity index is 1.52. The maximum Gasteiger partial charge on any atom is 0.0635 e. The molecule has 5 aromatic rings. The minimum atomic E-state index is 0.181. The zero-order valence-electron chi connectivity index (χ0n) is 17.6. The highest BCUT2D eigenvalue weighted by atomic mass is 35.5. The van der Waals surface area contributed by atoms with Crippen molar-refractivity contribution in [3.05, 3.63) is 119 Å². The summed E-state index contributed by atoms with van der Waals surface area (Å²) in [5.74, 6) is 0. The second kappa shape index (κ2) is 7.89. The van der Waals surface area contributed by atoms with Crippen molar-refractivity contribution in [2.24, 2.45) is 0 Å². The molecule has 1 aromatic heterocycles. The first-order chi connectivity index (χ1) is 15.8. The van der Waals surface area contributed by atoms with Gasteiger partial charge in [0.25, 0.3) is 0 Å². The summed E-state index contributed by atoms with van der Waals surface area (Å²) in [7, 11) is 0. The highest BCUT2D eigenvalue weighted by Gasteiger charge is 2.29. The Hall–Kier alpha value is -3.49. The lowest BCUT2D eigenvalue weighted by atomic mass is 9.91. The van der Waals surface area contributed by atoms with E-state index in [1.54, 1.807) is 0 Å². The normalized spacial score (nSPS) is 18.2. The third-order valence-electron chi connectivity index (χ3n) is 6.44. The lowest BCUT2D eigenvalue weighted by Gasteiger charge is -2.34. The average molecular weight is 435 g/mol. The van der Waals surface area contributed by atoms with Crippen LogP contribution in [0.1, 0.15) is 23.6 Å². The summed E-state index contributed by atoms with van der Waals surface area (Å²) < 4.78 is 2.50. The molecule has 2 atom stereocenters. The number of nitrogens with zero attached hydrogens (tertiary/aromatic N) is 1. The summed E-state index contributed by atoms with van der Waals surface area (Å²) in [6.07, 6.45) is 5.44. The van der Waals surface area contributed by atoms with Gasteiger partial charge in [0.2, 0.25) is 0 Å². The molecule has 6 rings (SSSR count). The highest BCUT2D eigenvalue weighted by Crippen LogP contribution is 2.42. The predicted octanol–water partition coefficient (Wildman–Crippen LogP) is 7.93. The van der Waals surface area contributed by atoms with Gasteiger partial charge >= 0.3 is 0 Å². The second-order valence-corrected chi connectivity index (χ2v) is 8.84. The molecule has 32 heavy (non-hydrogen) atoms. The van der Waals surface area contributed by atoms with Crippen molar-refractivity contribution in [2.45, 2.75) is 18.5 Å². The number of anilines is 1. The predicted molar refractivity (Wildman–Crippen MR) is 137 cm³/mol. The fourth-order valence-corrected chi connectivity index (χ4v) is 5.20. The fourth-order valence-electron chi connectivity index (χ4n) is 5.02. The van der Waals surface area contributed by atoms with Crippen LogP contribution in [0.25, 0.3) is 27.9 Å². The molecule has 3 heteroatoms. The van der Waals surface area contributed by atoms with Gasteiger partial charge in [0.15, 0.2) is 0 Å². The Bertz CT molecular complexity index is 1400. The maximum atomic E-state index is 6.47. The standard InChI is InChI=1S/C29H23ClN2/c30-21-15-17-26-25(18-21)29(19-22(31-26)16-14-20-8-2-1-3-9-20)32-27-12-6-4-10-23(27)24-11-5-7-13-28(24)32/h1-18,22,29,31H,19H2/b16-14+/t22-,29-/m1/s1. The van der Waals surface area contributed by atoms with Gasteiger partial charge in [0.05, 0.1) is 6.04 Å². The fraction of sp³-hybridized carbons (Fsp3) is 0.103. The lowest BCUT2D eigenvalue weighted by molar-refractivity contribution is 0.534. The third kappa shape index (κ3) is 3.28. The van der Waals surface area contributed by atoms with Crippen LogP contribution < -0.4 is 5.32 Å². The molecule has 1 N–H and O–H groups in total. The van der Waals surface area contributed by atoms with E-state index in [1.165, 1.54) is 32.9 Å². The zero-order valence-corrected chi connectivity index (χ0v) is 18.3. The van der Waals surface area contributed by atoms with E-state index in [9.17, 15) is 0 Å². The average Bonchev–Trinajstić information content (AvgIpc) is 3.17. The lowest BCUT2D eigenvalue weighted by Crippen LogP contribution is -2.29. The van der Waals surface area contributed by atoms with Gasteiger partial charge in [-0.2, -0.15) is 0 Å². The van der Waals surface area contributed by atoms with Crippen LogP contribution >= 0.6 is 11.6 Å². The molecule has 0 amide bonds. The Morgan fingerprint density at radius 2 is 1.44 bits per heavy atom. The van der Waals surface area contributed by atoms with E-state index >= 15 is 0 Å². The molecule has 2 heterocycles. The van der Waals surface area contributed by atoms with Gasteiger partial charge < -0.3 is 9.88 Å². The number of aromatic nitrogens is 1. The molecule has 1 aliphatic rings. The number of halogens is 1. The molecule has 0 saturated heterocycles. The Labute approximate surface area is 192 Å². The SMILES string of the molecule is Clc1ccc2c(c1)[C@H](n1c3ccccc3c3ccccc31)C[C@@H](/C=C/c1ccccc1)N2. The number of nitrogens with one attached hydrogen (secondary N) is 1. The smallest absolute Gasteiger partial charge is 0.0635 e. The summed E-state index contributed by atoms with van der Waals surface area (Å²) >= 11 is 6.47. The van der Waals surface area contributed by atoms with E-state index < -0.39 is 0 Å².